The van der Waals surface area contributed by atoms with Crippen LogP contribution in [0.3, 0.4) is 0 Å². The van der Waals surface area contributed by atoms with E-state index in [1.54, 1.807) is 0 Å². The zero-order valence-corrected chi connectivity index (χ0v) is 6.90. The number of carbonyl (C=O) groups is 1. The maximum Gasteiger partial charge on any atom is 0.503 e. The Bertz CT molecular complexity index is 214. The molecule has 0 aromatic heterocycles. The summed E-state index contributed by atoms with van der Waals surface area (Å²) in [5, 5.41) is 13.9. The van der Waals surface area contributed by atoms with Gasteiger partial charge in [0.1, 0.15) is 0 Å². The third kappa shape index (κ3) is 6.61. The van der Waals surface area contributed by atoms with Gasteiger partial charge in [-0.1, -0.05) is 37.3 Å². The highest BCUT2D eigenvalue weighted by Crippen LogP contribution is 1.96. The smallest absolute Gasteiger partial charge is 0.450 e. The van der Waals surface area contributed by atoms with Crippen molar-refractivity contribution in [1.29, 1.82) is 0 Å². The first-order valence-corrected chi connectivity index (χ1v) is 3.62. The summed E-state index contributed by atoms with van der Waals surface area (Å²) in [7, 11) is 0. The average molecular weight is 168 g/mol. The Hall–Kier alpha value is -1.51. The van der Waals surface area contributed by atoms with Crippen LogP contribution in [-0.4, -0.2) is 16.4 Å². The minimum absolute atomic E-state index is 1.14. The first-order chi connectivity index (χ1) is 5.66. The van der Waals surface area contributed by atoms with E-state index in [1.165, 1.54) is 5.56 Å². The number of carboxylic acid groups (broad SMARTS) is 2. The fourth-order valence-electron chi connectivity index (χ4n) is 0.714. The predicted molar refractivity (Wildman–Crippen MR) is 46.5 cm³/mol. The van der Waals surface area contributed by atoms with Crippen LogP contribution in [0.5, 0.6) is 0 Å². The Morgan fingerprint density at radius 1 is 1.25 bits per heavy atom. The van der Waals surface area contributed by atoms with Crippen molar-refractivity contribution in [2.24, 2.45) is 0 Å². The van der Waals surface area contributed by atoms with E-state index in [1.807, 2.05) is 6.07 Å². The summed E-state index contributed by atoms with van der Waals surface area (Å²) in [6.07, 6.45) is -0.694. The highest BCUT2D eigenvalue weighted by atomic mass is 16.6. The van der Waals surface area contributed by atoms with E-state index in [-0.39, 0.29) is 0 Å². The zero-order valence-electron chi connectivity index (χ0n) is 6.90. The zero-order chi connectivity index (χ0) is 9.40. The average Bonchev–Trinajstić information content (AvgIpc) is 2.05. The quantitative estimate of drug-likeness (QED) is 0.677. The number of aryl methyl sites for hydroxylation is 1. The summed E-state index contributed by atoms with van der Waals surface area (Å²) in [4.78, 5) is 8.56. The monoisotopic (exact) mass is 168 g/mol. The molecule has 0 saturated heterocycles. The molecule has 3 nitrogen and oxygen atoms in total. The topological polar surface area (TPSA) is 57.5 Å². The van der Waals surface area contributed by atoms with Crippen molar-refractivity contribution in [3.63, 3.8) is 0 Å². The van der Waals surface area contributed by atoms with E-state index < -0.39 is 6.16 Å². The Morgan fingerprint density at radius 2 is 1.67 bits per heavy atom. The molecule has 0 unspecified atom stereocenters. The van der Waals surface area contributed by atoms with Gasteiger partial charge in [0.2, 0.25) is 0 Å². The summed E-state index contributed by atoms with van der Waals surface area (Å²) in [5.74, 6) is 0. The van der Waals surface area contributed by atoms with E-state index in [9.17, 15) is 0 Å². The van der Waals surface area contributed by atoms with E-state index in [0.29, 0.717) is 0 Å². The molecule has 1 aromatic rings. The second-order valence-electron chi connectivity index (χ2n) is 2.12. The molecule has 0 atom stereocenters. The lowest BCUT2D eigenvalue weighted by molar-refractivity contribution is 0.137. The molecule has 0 bridgehead atoms. The van der Waals surface area contributed by atoms with E-state index >= 15 is 0 Å². The first-order valence-electron chi connectivity index (χ1n) is 3.62. The summed E-state index contributed by atoms with van der Waals surface area (Å²) in [6, 6.07) is 10.5. The van der Waals surface area contributed by atoms with Crippen LogP contribution in [0, 0.1) is 0 Å². The standard InChI is InChI=1S/C8H10.CH2O3/c1-2-8-6-4-3-5-7-8;2-1(3)4/h3-7H,2H2,1H3;(H2,2,3,4). The molecule has 3 heteroatoms. The molecule has 0 spiro atoms. The third-order valence-electron chi connectivity index (χ3n) is 1.25. The molecule has 2 N–H and O–H groups in total. The van der Waals surface area contributed by atoms with Crippen molar-refractivity contribution in [3.05, 3.63) is 35.9 Å². The van der Waals surface area contributed by atoms with E-state index in [0.717, 1.165) is 6.42 Å². The van der Waals surface area contributed by atoms with Crippen LogP contribution in [0.25, 0.3) is 0 Å². The Kier molecular flexibility index (Phi) is 5.43. The second kappa shape index (κ2) is 6.22. The van der Waals surface area contributed by atoms with Gasteiger partial charge in [0.05, 0.1) is 0 Å². The van der Waals surface area contributed by atoms with Gasteiger partial charge in [0.25, 0.3) is 0 Å². The van der Waals surface area contributed by atoms with Crippen LogP contribution in [0.4, 0.5) is 4.79 Å². The Balaban J connectivity index is 0.000000261. The highest BCUT2D eigenvalue weighted by Gasteiger charge is 1.79. The van der Waals surface area contributed by atoms with Crippen LogP contribution in [0.1, 0.15) is 12.5 Å². The summed E-state index contributed by atoms with van der Waals surface area (Å²) >= 11 is 0. The van der Waals surface area contributed by atoms with E-state index in [4.69, 9.17) is 15.0 Å². The Morgan fingerprint density at radius 3 is 1.92 bits per heavy atom. The number of rotatable bonds is 1. The van der Waals surface area contributed by atoms with Crippen LogP contribution >= 0.6 is 0 Å². The molecule has 12 heavy (non-hydrogen) atoms. The molecule has 1 rings (SSSR count). The molecule has 0 fully saturated rings. The van der Waals surface area contributed by atoms with Gasteiger partial charge in [-0.05, 0) is 12.0 Å². The lowest BCUT2D eigenvalue weighted by Crippen LogP contribution is -1.81. The van der Waals surface area contributed by atoms with Gasteiger partial charge in [-0.15, -0.1) is 0 Å². The number of hydrogen-bond donors (Lipinski definition) is 2. The van der Waals surface area contributed by atoms with Gasteiger partial charge >= 0.3 is 6.16 Å². The van der Waals surface area contributed by atoms with Crippen molar-refractivity contribution < 1.29 is 15.0 Å². The van der Waals surface area contributed by atoms with Crippen LogP contribution in [0.2, 0.25) is 0 Å². The lowest BCUT2D eigenvalue weighted by atomic mass is 10.2. The highest BCUT2D eigenvalue weighted by molar-refractivity contribution is 5.53. The maximum absolute atomic E-state index is 8.56. The number of hydrogen-bond acceptors (Lipinski definition) is 1. The Labute approximate surface area is 71.3 Å². The minimum atomic E-state index is -1.83. The second-order valence-corrected chi connectivity index (χ2v) is 2.12. The maximum atomic E-state index is 8.56. The molecule has 0 aliphatic rings. The fraction of sp³-hybridized carbons (Fsp3) is 0.222. The third-order valence-corrected chi connectivity index (χ3v) is 1.25. The van der Waals surface area contributed by atoms with Gasteiger partial charge in [-0.3, -0.25) is 0 Å². The van der Waals surface area contributed by atoms with Crippen LogP contribution in [-0.2, 0) is 6.42 Å². The van der Waals surface area contributed by atoms with Crippen molar-refractivity contribution in [2.75, 3.05) is 0 Å². The molecule has 1 aromatic carbocycles. The normalized spacial score (nSPS) is 8.08. The fourth-order valence-corrected chi connectivity index (χ4v) is 0.714. The van der Waals surface area contributed by atoms with Crippen LogP contribution < -0.4 is 0 Å². The SMILES string of the molecule is CCc1ccccc1.O=C(O)O. The molecule has 66 valence electrons. The molecule has 0 heterocycles. The van der Waals surface area contributed by atoms with Gasteiger partial charge in [0, 0.05) is 0 Å². The molecule has 0 radical (unpaired) electrons. The van der Waals surface area contributed by atoms with Gasteiger partial charge in [0.15, 0.2) is 0 Å². The van der Waals surface area contributed by atoms with Gasteiger partial charge < -0.3 is 10.2 Å². The van der Waals surface area contributed by atoms with Gasteiger partial charge in [-0.2, -0.15) is 0 Å². The number of benzene rings is 1. The molecule has 0 saturated carbocycles. The first kappa shape index (κ1) is 10.5. The van der Waals surface area contributed by atoms with Gasteiger partial charge in [-0.25, -0.2) is 4.79 Å². The van der Waals surface area contributed by atoms with Crippen molar-refractivity contribution >= 4 is 6.16 Å². The van der Waals surface area contributed by atoms with Crippen molar-refractivity contribution in [1.82, 2.24) is 0 Å². The molecule has 0 aliphatic carbocycles. The molecular formula is C9H12O3. The van der Waals surface area contributed by atoms with Crippen molar-refractivity contribution in [3.8, 4) is 0 Å². The predicted octanol–water partition coefficient (Wildman–Crippen LogP) is 2.47. The van der Waals surface area contributed by atoms with Crippen molar-refractivity contribution in [2.45, 2.75) is 13.3 Å². The molecular weight excluding hydrogens is 156 g/mol. The largest absolute Gasteiger partial charge is 0.503 e. The van der Waals surface area contributed by atoms with E-state index in [2.05, 4.69) is 31.2 Å². The molecule has 0 amide bonds. The summed E-state index contributed by atoms with van der Waals surface area (Å²) < 4.78 is 0. The lowest BCUT2D eigenvalue weighted by Gasteiger charge is -1.89. The summed E-state index contributed by atoms with van der Waals surface area (Å²) in [6.45, 7) is 2.16. The van der Waals surface area contributed by atoms with Crippen LogP contribution in [0.15, 0.2) is 30.3 Å². The molecule has 0 aliphatic heterocycles. The minimum Gasteiger partial charge on any atom is -0.450 e. The summed E-state index contributed by atoms with van der Waals surface area (Å²) in [5.41, 5.74) is 1.41.